The van der Waals surface area contributed by atoms with Gasteiger partial charge < -0.3 is 15.5 Å². The van der Waals surface area contributed by atoms with Crippen LogP contribution in [-0.4, -0.2) is 60.3 Å². The summed E-state index contributed by atoms with van der Waals surface area (Å²) in [6.07, 6.45) is 2.70. The van der Waals surface area contributed by atoms with Crippen molar-refractivity contribution >= 4 is 55.9 Å². The lowest BCUT2D eigenvalue weighted by atomic mass is 9.77. The Kier molecular flexibility index (Phi) is 9.90. The molecule has 2 amide bonds. The highest BCUT2D eigenvalue weighted by atomic mass is 35.5. The third-order valence-electron chi connectivity index (χ3n) is 7.78. The molecule has 3 aromatic carbocycles. The third-order valence-corrected chi connectivity index (χ3v) is 10.1. The number of hydrogen-bond acceptors (Lipinski definition) is 10. The number of anilines is 1. The second-order valence-electron chi connectivity index (χ2n) is 10.7. The second kappa shape index (κ2) is 14.4. The second-order valence-corrected chi connectivity index (χ2v) is 13.3. The number of halogens is 1. The zero-order chi connectivity index (χ0) is 34.4. The van der Waals surface area contributed by atoms with Crippen LogP contribution in [0.25, 0.3) is 0 Å². The third kappa shape index (κ3) is 6.70. The van der Waals surface area contributed by atoms with Crippen molar-refractivity contribution in [1.82, 2.24) is 14.6 Å². The molecule has 2 atom stereocenters. The SMILES string of the molecule is CON=C(C(=O)NC1C(=O)N(S(=O)(=O)O[n+]2ccccc2)C1CCl)c1csc(NC(c2ccccc2)(c2ccccc2)c2ccccc2)n1. The number of oxime groups is 1. The van der Waals surface area contributed by atoms with Gasteiger partial charge in [0, 0.05) is 28.1 Å². The van der Waals surface area contributed by atoms with Gasteiger partial charge in [-0.25, -0.2) is 4.98 Å². The van der Waals surface area contributed by atoms with E-state index < -0.39 is 39.7 Å². The first-order valence-electron chi connectivity index (χ1n) is 14.9. The van der Waals surface area contributed by atoms with Crippen molar-refractivity contribution in [3.8, 4) is 0 Å². The highest BCUT2D eigenvalue weighted by Crippen LogP contribution is 2.40. The number of nitrogens with one attached hydrogen (secondary N) is 2. The van der Waals surface area contributed by atoms with Gasteiger partial charge in [-0.2, -0.15) is 12.7 Å². The maximum atomic E-state index is 13.6. The molecule has 12 nitrogen and oxygen atoms in total. The fourth-order valence-electron chi connectivity index (χ4n) is 5.57. The van der Waals surface area contributed by atoms with Crippen LogP contribution in [0.4, 0.5) is 5.13 Å². The van der Waals surface area contributed by atoms with Gasteiger partial charge in [0.2, 0.25) is 12.4 Å². The summed E-state index contributed by atoms with van der Waals surface area (Å²) in [5.41, 5.74) is 1.93. The van der Waals surface area contributed by atoms with Crippen LogP contribution < -0.4 is 19.6 Å². The fraction of sp³-hybridized carbons (Fsp3) is 0.147. The zero-order valence-corrected chi connectivity index (χ0v) is 28.3. The van der Waals surface area contributed by atoms with Crippen LogP contribution in [0.5, 0.6) is 0 Å². The smallest absolute Gasteiger partial charge is 0.398 e. The Morgan fingerprint density at radius 1 is 0.939 bits per heavy atom. The number of amides is 2. The summed E-state index contributed by atoms with van der Waals surface area (Å²) < 4.78 is 32.3. The summed E-state index contributed by atoms with van der Waals surface area (Å²) in [6, 6.07) is 32.2. The number of β-lactam (4-membered cyclic amide) rings is 1. The molecule has 5 aromatic rings. The minimum Gasteiger partial charge on any atom is -0.398 e. The Hall–Kier alpha value is -5.31. The van der Waals surface area contributed by atoms with Crippen LogP contribution in [-0.2, 0) is 30.3 Å². The van der Waals surface area contributed by atoms with Crippen LogP contribution in [0, 0.1) is 0 Å². The highest BCUT2D eigenvalue weighted by Gasteiger charge is 2.56. The molecule has 250 valence electrons. The molecule has 1 aliphatic rings. The van der Waals surface area contributed by atoms with E-state index in [1.54, 1.807) is 23.6 Å². The van der Waals surface area contributed by atoms with E-state index in [9.17, 15) is 18.0 Å². The maximum Gasteiger partial charge on any atom is 0.466 e. The average molecular weight is 718 g/mol. The molecule has 0 radical (unpaired) electrons. The molecule has 0 saturated carbocycles. The number of alkyl halides is 1. The van der Waals surface area contributed by atoms with Gasteiger partial charge >= 0.3 is 10.3 Å². The van der Waals surface area contributed by atoms with Crippen LogP contribution in [0.1, 0.15) is 22.4 Å². The van der Waals surface area contributed by atoms with Gasteiger partial charge in [0.25, 0.3) is 11.8 Å². The maximum absolute atomic E-state index is 13.6. The lowest BCUT2D eigenvalue weighted by Gasteiger charge is -2.42. The minimum atomic E-state index is -4.58. The normalized spacial score (nSPS) is 16.4. The molecule has 1 saturated heterocycles. The van der Waals surface area contributed by atoms with Gasteiger partial charge in [-0.1, -0.05) is 102 Å². The van der Waals surface area contributed by atoms with Gasteiger partial charge in [-0.05, 0) is 16.7 Å². The van der Waals surface area contributed by atoms with Crippen LogP contribution in [0.3, 0.4) is 0 Å². The molecular weight excluding hydrogens is 688 g/mol. The molecular formula is C34H30ClN6O6S2+. The number of nitrogens with zero attached hydrogens (tertiary/aromatic N) is 4. The van der Waals surface area contributed by atoms with Crippen molar-refractivity contribution in [2.75, 3.05) is 18.3 Å². The Morgan fingerprint density at radius 2 is 1.47 bits per heavy atom. The van der Waals surface area contributed by atoms with Crippen LogP contribution in [0.15, 0.2) is 132 Å². The quantitative estimate of drug-likeness (QED) is 0.0471. The topological polar surface area (TPSA) is 143 Å². The largest absolute Gasteiger partial charge is 0.466 e. The molecule has 0 aliphatic carbocycles. The number of benzene rings is 3. The van der Waals surface area contributed by atoms with Gasteiger partial charge in [-0.3, -0.25) is 9.59 Å². The van der Waals surface area contributed by atoms with E-state index in [1.165, 1.54) is 30.8 Å². The summed E-state index contributed by atoms with van der Waals surface area (Å²) in [6.45, 7) is 0. The van der Waals surface area contributed by atoms with Crippen molar-refractivity contribution in [1.29, 1.82) is 0 Å². The molecule has 3 heterocycles. The van der Waals surface area contributed by atoms with E-state index in [1.807, 2.05) is 91.0 Å². The van der Waals surface area contributed by atoms with E-state index in [4.69, 9.17) is 25.7 Å². The Morgan fingerprint density at radius 3 is 1.98 bits per heavy atom. The number of hydrogen-bond donors (Lipinski definition) is 2. The number of rotatable bonds is 13. The monoisotopic (exact) mass is 717 g/mol. The summed E-state index contributed by atoms with van der Waals surface area (Å²) in [7, 11) is -3.31. The van der Waals surface area contributed by atoms with Gasteiger partial charge in [0.05, 0.1) is 6.04 Å². The van der Waals surface area contributed by atoms with Gasteiger partial charge in [0.1, 0.15) is 24.4 Å². The summed E-state index contributed by atoms with van der Waals surface area (Å²) in [5, 5.41) is 12.2. The van der Waals surface area contributed by atoms with Gasteiger partial charge in [0.15, 0.2) is 10.8 Å². The zero-order valence-electron chi connectivity index (χ0n) is 25.9. The number of thiazole rings is 1. The van der Waals surface area contributed by atoms with Gasteiger partial charge in [-0.15, -0.1) is 27.2 Å². The van der Waals surface area contributed by atoms with Crippen molar-refractivity contribution in [2.45, 2.75) is 17.6 Å². The molecule has 1 fully saturated rings. The number of aromatic nitrogens is 2. The van der Waals surface area contributed by atoms with Crippen molar-refractivity contribution in [3.05, 3.63) is 149 Å². The first kappa shape index (κ1) is 33.6. The molecule has 49 heavy (non-hydrogen) atoms. The van der Waals surface area contributed by atoms with E-state index in [2.05, 4.69) is 15.8 Å². The van der Waals surface area contributed by atoms with Crippen molar-refractivity contribution < 1.29 is 31.9 Å². The molecule has 2 N–H and O–H groups in total. The van der Waals surface area contributed by atoms with Crippen molar-refractivity contribution in [2.24, 2.45) is 5.16 Å². The van der Waals surface area contributed by atoms with Crippen molar-refractivity contribution in [3.63, 3.8) is 0 Å². The Bertz CT molecular complexity index is 1960. The predicted molar refractivity (Wildman–Crippen MR) is 184 cm³/mol. The lowest BCUT2D eigenvalue weighted by Crippen LogP contribution is -2.74. The summed E-state index contributed by atoms with van der Waals surface area (Å²) in [5.74, 6) is -2.05. The van der Waals surface area contributed by atoms with Crippen LogP contribution >= 0.6 is 22.9 Å². The van der Waals surface area contributed by atoms with E-state index in [0.717, 1.165) is 21.4 Å². The molecule has 15 heteroatoms. The first-order chi connectivity index (χ1) is 23.8. The molecule has 6 rings (SSSR count). The number of carbonyl (C=O) groups excluding carboxylic acids is 2. The fourth-order valence-corrected chi connectivity index (χ4v) is 7.97. The average Bonchev–Trinajstić information content (AvgIpc) is 3.59. The van der Waals surface area contributed by atoms with E-state index in [0.29, 0.717) is 9.44 Å². The van der Waals surface area contributed by atoms with E-state index in [-0.39, 0.29) is 17.3 Å². The van der Waals surface area contributed by atoms with E-state index >= 15 is 0 Å². The summed E-state index contributed by atoms with van der Waals surface area (Å²) in [4.78, 5) is 36.4. The highest BCUT2D eigenvalue weighted by molar-refractivity contribution is 7.85. The number of carbonyl (C=O) groups is 2. The predicted octanol–water partition coefficient (Wildman–Crippen LogP) is 3.49. The Labute approximate surface area is 291 Å². The first-order valence-corrected chi connectivity index (χ1v) is 17.7. The molecule has 0 spiro atoms. The molecule has 1 aliphatic heterocycles. The lowest BCUT2D eigenvalue weighted by molar-refractivity contribution is -0.857. The standard InChI is InChI=1S/C34H29ClN6O6S2/c1-46-39-29(31(42)37-30-28(22-35)41(32(30)43)49(44,45)47-40-20-12-5-13-21-40)27-23-48-33(36-27)38-34(24-14-6-2-7-15-24,25-16-8-3-9-17-25)26-18-10-4-11-19-26/h2-21,23,28,30H,22H2,1H3,(H-,36,37,38,42)/p+1. The Balaban J connectivity index is 1.27. The molecule has 2 unspecified atom stereocenters. The summed E-state index contributed by atoms with van der Waals surface area (Å²) >= 11 is 7.33. The molecule has 0 bridgehead atoms. The van der Waals surface area contributed by atoms with Crippen LogP contribution in [0.2, 0.25) is 0 Å². The minimum absolute atomic E-state index is 0.164. The molecule has 2 aromatic heterocycles. The number of pyridine rings is 1.